The molecule has 5 heteroatoms. The largest absolute Gasteiger partial charge is 0.511 e. The van der Waals surface area contributed by atoms with E-state index in [2.05, 4.69) is 0 Å². The van der Waals surface area contributed by atoms with Crippen LogP contribution >= 0.6 is 0 Å². The number of allylic oxidation sites excluding steroid dienone is 1. The van der Waals surface area contributed by atoms with E-state index in [-0.39, 0.29) is 5.92 Å². The highest BCUT2D eigenvalue weighted by Gasteiger charge is 2.22. The molecule has 0 radical (unpaired) electrons. The quantitative estimate of drug-likeness (QED) is 0.257. The molecule has 1 amide bonds. The average Bonchev–Trinajstić information content (AvgIpc) is 2.01. The number of carboxylic acid groups (broad SMARTS) is 1. The number of carbonyl (C=O) groups excluding carboxylic acids is 1. The van der Waals surface area contributed by atoms with Crippen molar-refractivity contribution >= 4 is 11.9 Å². The minimum atomic E-state index is -1.50. The predicted octanol–water partition coefficient (Wildman–Crippen LogP) is 0.415. The van der Waals surface area contributed by atoms with E-state index in [4.69, 9.17) is 10.8 Å². The summed E-state index contributed by atoms with van der Waals surface area (Å²) in [6, 6.07) is 0. The minimum Gasteiger partial charge on any atom is -0.511 e. The van der Waals surface area contributed by atoms with Gasteiger partial charge >= 0.3 is 5.97 Å². The first-order valence-electron chi connectivity index (χ1n) is 3.88. The van der Waals surface area contributed by atoms with Crippen LogP contribution in [0.5, 0.6) is 0 Å². The molecule has 4 N–H and O–H groups in total. The Bertz CT molecular complexity index is 241. The van der Waals surface area contributed by atoms with E-state index in [1.54, 1.807) is 13.8 Å². The zero-order chi connectivity index (χ0) is 10.6. The second-order valence-corrected chi connectivity index (χ2v) is 2.74. The summed E-state index contributed by atoms with van der Waals surface area (Å²) in [4.78, 5) is 21.1. The predicted molar refractivity (Wildman–Crippen MR) is 45.9 cm³/mol. The number of aliphatic carboxylic acids is 1. The Labute approximate surface area is 75.9 Å². The molecular weight excluding hydrogens is 174 g/mol. The van der Waals surface area contributed by atoms with Gasteiger partial charge in [0, 0.05) is 5.92 Å². The molecule has 74 valence electrons. The summed E-state index contributed by atoms with van der Waals surface area (Å²) in [5.41, 5.74) is 4.07. The fourth-order valence-electron chi connectivity index (χ4n) is 0.781. The number of aliphatic hydroxyl groups excluding tert-OH is 1. The monoisotopic (exact) mass is 187 g/mol. The van der Waals surface area contributed by atoms with Gasteiger partial charge in [-0.2, -0.15) is 0 Å². The van der Waals surface area contributed by atoms with Crippen molar-refractivity contribution in [3.05, 3.63) is 11.3 Å². The summed E-state index contributed by atoms with van der Waals surface area (Å²) in [6.07, 6.45) is 0.538. The van der Waals surface area contributed by atoms with Gasteiger partial charge in [0.1, 0.15) is 5.76 Å². The highest BCUT2D eigenvalue weighted by molar-refractivity contribution is 6.15. The van der Waals surface area contributed by atoms with Crippen LogP contribution in [-0.2, 0) is 9.59 Å². The lowest BCUT2D eigenvalue weighted by Gasteiger charge is -2.09. The number of rotatable bonds is 4. The van der Waals surface area contributed by atoms with E-state index in [0.29, 0.717) is 6.42 Å². The van der Waals surface area contributed by atoms with Crippen LogP contribution in [0.2, 0.25) is 0 Å². The Morgan fingerprint density at radius 2 is 1.85 bits per heavy atom. The smallest absolute Gasteiger partial charge is 0.344 e. The standard InChI is InChI=1S/C8H13NO4/c1-3-4(2)6(10)5(7(9)11)8(12)13/h4,10H,3H2,1-2H3,(H2,9,11)(H,12,13)/b6-5-. The second kappa shape index (κ2) is 4.49. The van der Waals surface area contributed by atoms with E-state index in [1.165, 1.54) is 0 Å². The third-order valence-electron chi connectivity index (χ3n) is 1.80. The van der Waals surface area contributed by atoms with Gasteiger partial charge in [0.05, 0.1) is 0 Å². The van der Waals surface area contributed by atoms with Gasteiger partial charge in [-0.15, -0.1) is 0 Å². The van der Waals surface area contributed by atoms with Crippen molar-refractivity contribution in [1.82, 2.24) is 0 Å². The molecule has 0 heterocycles. The number of carbonyl (C=O) groups is 2. The van der Waals surface area contributed by atoms with Crippen LogP contribution in [0, 0.1) is 5.92 Å². The van der Waals surface area contributed by atoms with Crippen LogP contribution < -0.4 is 5.73 Å². The molecule has 0 saturated heterocycles. The average molecular weight is 187 g/mol. The highest BCUT2D eigenvalue weighted by atomic mass is 16.4. The number of nitrogens with two attached hydrogens (primary N) is 1. The van der Waals surface area contributed by atoms with Crippen LogP contribution in [0.4, 0.5) is 0 Å². The summed E-state index contributed by atoms with van der Waals surface area (Å²) < 4.78 is 0. The molecule has 0 bridgehead atoms. The summed E-state index contributed by atoms with van der Waals surface area (Å²) in [6.45, 7) is 3.38. The van der Waals surface area contributed by atoms with Crippen LogP contribution in [0.1, 0.15) is 20.3 Å². The molecule has 5 nitrogen and oxygen atoms in total. The normalized spacial score (nSPS) is 14.6. The summed E-state index contributed by atoms with van der Waals surface area (Å²) in [5.74, 6) is -3.45. The van der Waals surface area contributed by atoms with E-state index in [1.807, 2.05) is 0 Å². The SMILES string of the molecule is CCC(C)/C(O)=C(\C(N)=O)C(=O)O. The number of amides is 1. The van der Waals surface area contributed by atoms with E-state index in [9.17, 15) is 14.7 Å². The number of carboxylic acids is 1. The molecule has 0 fully saturated rings. The Balaban J connectivity index is 5.09. The first-order valence-corrected chi connectivity index (χ1v) is 3.88. The molecule has 0 aliphatic heterocycles. The lowest BCUT2D eigenvalue weighted by molar-refractivity contribution is -0.134. The number of hydrogen-bond donors (Lipinski definition) is 3. The van der Waals surface area contributed by atoms with Crippen LogP contribution in [0.15, 0.2) is 11.3 Å². The Morgan fingerprint density at radius 1 is 1.38 bits per heavy atom. The molecular formula is C8H13NO4. The molecule has 0 aromatic heterocycles. The van der Waals surface area contributed by atoms with Gasteiger partial charge in [0.25, 0.3) is 5.91 Å². The van der Waals surface area contributed by atoms with Gasteiger partial charge in [0.15, 0.2) is 5.57 Å². The first-order chi connectivity index (χ1) is 5.91. The Hall–Kier alpha value is -1.52. The van der Waals surface area contributed by atoms with Crippen molar-refractivity contribution in [3.63, 3.8) is 0 Å². The lowest BCUT2D eigenvalue weighted by Crippen LogP contribution is -2.24. The maximum absolute atomic E-state index is 10.6. The molecule has 1 atom stereocenters. The fourth-order valence-corrected chi connectivity index (χ4v) is 0.781. The van der Waals surface area contributed by atoms with E-state index >= 15 is 0 Å². The molecule has 0 aromatic rings. The maximum atomic E-state index is 10.6. The third-order valence-corrected chi connectivity index (χ3v) is 1.80. The zero-order valence-electron chi connectivity index (χ0n) is 7.57. The Morgan fingerprint density at radius 3 is 2.08 bits per heavy atom. The second-order valence-electron chi connectivity index (χ2n) is 2.74. The van der Waals surface area contributed by atoms with Gasteiger partial charge in [-0.05, 0) is 6.42 Å². The summed E-state index contributed by atoms with van der Waals surface area (Å²) >= 11 is 0. The minimum absolute atomic E-state index is 0.376. The van der Waals surface area contributed by atoms with Crippen LogP contribution in [0.25, 0.3) is 0 Å². The van der Waals surface area contributed by atoms with Crippen molar-refractivity contribution in [2.24, 2.45) is 11.7 Å². The van der Waals surface area contributed by atoms with Crippen molar-refractivity contribution in [1.29, 1.82) is 0 Å². The van der Waals surface area contributed by atoms with Crippen molar-refractivity contribution in [3.8, 4) is 0 Å². The van der Waals surface area contributed by atoms with Gasteiger partial charge in [0.2, 0.25) is 0 Å². The zero-order valence-corrected chi connectivity index (χ0v) is 7.57. The van der Waals surface area contributed by atoms with Gasteiger partial charge in [-0.3, -0.25) is 4.79 Å². The first kappa shape index (κ1) is 11.5. The van der Waals surface area contributed by atoms with Crippen molar-refractivity contribution in [2.45, 2.75) is 20.3 Å². The van der Waals surface area contributed by atoms with Gasteiger partial charge in [-0.25, -0.2) is 4.79 Å². The molecule has 0 aromatic carbocycles. The molecule has 0 aliphatic carbocycles. The number of hydrogen-bond acceptors (Lipinski definition) is 3. The molecule has 0 rings (SSSR count). The maximum Gasteiger partial charge on any atom is 0.344 e. The van der Waals surface area contributed by atoms with Crippen molar-refractivity contribution in [2.75, 3.05) is 0 Å². The van der Waals surface area contributed by atoms with Crippen LogP contribution in [0.3, 0.4) is 0 Å². The van der Waals surface area contributed by atoms with E-state index in [0.717, 1.165) is 0 Å². The molecule has 0 spiro atoms. The Kier molecular flexibility index (Phi) is 3.97. The number of aliphatic hydroxyl groups is 1. The summed E-state index contributed by atoms with van der Waals surface area (Å²) in [5, 5.41) is 17.9. The molecule has 0 aliphatic rings. The van der Waals surface area contributed by atoms with Crippen molar-refractivity contribution < 1.29 is 19.8 Å². The molecule has 1 unspecified atom stereocenters. The number of primary amides is 1. The summed E-state index contributed by atoms with van der Waals surface area (Å²) in [7, 11) is 0. The third kappa shape index (κ3) is 2.77. The molecule has 13 heavy (non-hydrogen) atoms. The fraction of sp³-hybridized carbons (Fsp3) is 0.500. The highest BCUT2D eigenvalue weighted by Crippen LogP contribution is 2.15. The van der Waals surface area contributed by atoms with Crippen LogP contribution in [-0.4, -0.2) is 22.1 Å². The topological polar surface area (TPSA) is 101 Å². The molecule has 0 saturated carbocycles. The van der Waals surface area contributed by atoms with E-state index < -0.39 is 23.2 Å². The van der Waals surface area contributed by atoms with Gasteiger partial charge < -0.3 is 15.9 Å². The lowest BCUT2D eigenvalue weighted by atomic mass is 10.0. The van der Waals surface area contributed by atoms with Gasteiger partial charge in [-0.1, -0.05) is 13.8 Å².